The molecule has 1 aliphatic rings. The van der Waals surface area contributed by atoms with Gasteiger partial charge in [-0.05, 0) is 38.5 Å². The van der Waals surface area contributed by atoms with Crippen LogP contribution in [0.1, 0.15) is 49.2 Å². The number of nitrogens with zero attached hydrogens (tertiary/aromatic N) is 1. The molecule has 2 heterocycles. The maximum atomic E-state index is 13.6. The number of carbonyl (C=O) groups is 2. The van der Waals surface area contributed by atoms with E-state index in [1.165, 1.54) is 31.3 Å². The number of benzene rings is 1. The smallest absolute Gasteiger partial charge is 0.387 e. The molecule has 9 heteroatoms. The third kappa shape index (κ3) is 4.96. The topological polar surface area (TPSA) is 77.5 Å². The normalized spacial score (nSPS) is 20.2. The predicted molar refractivity (Wildman–Crippen MR) is 102 cm³/mol. The Bertz CT molecular complexity index is 965. The zero-order chi connectivity index (χ0) is 22.1. The molecular formula is C21H21F3N2O4. The molecule has 30 heavy (non-hydrogen) atoms. The molecule has 0 unspecified atom stereocenters. The number of amides is 1. The average Bonchev–Trinajstić information content (AvgIpc) is 2.97. The number of carbonyl (C=O) groups excluding carboxylic acids is 2. The second kappa shape index (κ2) is 8.43. The van der Waals surface area contributed by atoms with Crippen LogP contribution in [0, 0.1) is 5.82 Å². The Morgan fingerprint density at radius 1 is 1.27 bits per heavy atom. The van der Waals surface area contributed by atoms with E-state index < -0.39 is 36.0 Å². The number of aromatic nitrogens is 1. The zero-order valence-corrected chi connectivity index (χ0v) is 16.6. The van der Waals surface area contributed by atoms with Crippen LogP contribution in [-0.4, -0.2) is 35.0 Å². The molecule has 1 amide bonds. The summed E-state index contributed by atoms with van der Waals surface area (Å²) in [6.07, 6.45) is 0.669. The van der Waals surface area contributed by atoms with Gasteiger partial charge in [0.1, 0.15) is 23.4 Å². The van der Waals surface area contributed by atoms with E-state index in [1.54, 1.807) is 13.8 Å². The summed E-state index contributed by atoms with van der Waals surface area (Å²) >= 11 is 0. The molecule has 6 nitrogen and oxygen atoms in total. The van der Waals surface area contributed by atoms with Crippen LogP contribution >= 0.6 is 0 Å². The molecule has 1 saturated heterocycles. The van der Waals surface area contributed by atoms with Crippen LogP contribution in [0.25, 0.3) is 0 Å². The van der Waals surface area contributed by atoms with Crippen molar-refractivity contribution in [1.29, 1.82) is 0 Å². The van der Waals surface area contributed by atoms with Gasteiger partial charge >= 0.3 is 6.61 Å². The molecule has 1 aromatic heterocycles. The van der Waals surface area contributed by atoms with Crippen LogP contribution in [-0.2, 0) is 9.53 Å². The molecule has 2 aromatic rings. The molecule has 1 aromatic carbocycles. The van der Waals surface area contributed by atoms with E-state index in [-0.39, 0.29) is 22.8 Å². The van der Waals surface area contributed by atoms with Gasteiger partial charge in [-0.25, -0.2) is 4.39 Å². The van der Waals surface area contributed by atoms with Crippen molar-refractivity contribution in [3.8, 4) is 5.75 Å². The van der Waals surface area contributed by atoms with Gasteiger partial charge in [0.25, 0.3) is 5.91 Å². The van der Waals surface area contributed by atoms with E-state index in [0.29, 0.717) is 12.1 Å². The van der Waals surface area contributed by atoms with Gasteiger partial charge in [0.2, 0.25) is 0 Å². The molecular weight excluding hydrogens is 401 g/mol. The first kappa shape index (κ1) is 21.8. The lowest BCUT2D eigenvalue weighted by molar-refractivity contribution is -0.130. The monoisotopic (exact) mass is 422 g/mol. The fourth-order valence-corrected chi connectivity index (χ4v) is 3.55. The SMILES string of the molecule is CC(=O)c1cc(NC(=O)[C@H]2OC(C)(C)C[C@@H]2c2ccc(F)cc2OC(F)F)ccn1. The number of anilines is 1. The van der Waals surface area contributed by atoms with E-state index in [0.717, 1.165) is 12.1 Å². The summed E-state index contributed by atoms with van der Waals surface area (Å²) < 4.78 is 49.6. The van der Waals surface area contributed by atoms with Crippen LogP contribution in [0.5, 0.6) is 5.75 Å². The Labute approximate surface area is 171 Å². The number of nitrogens with one attached hydrogen (secondary N) is 1. The van der Waals surface area contributed by atoms with E-state index >= 15 is 0 Å². The highest BCUT2D eigenvalue weighted by Crippen LogP contribution is 2.44. The minimum atomic E-state index is -3.14. The number of ether oxygens (including phenoxy) is 2. The zero-order valence-electron chi connectivity index (χ0n) is 16.6. The van der Waals surface area contributed by atoms with Gasteiger partial charge in [-0.3, -0.25) is 14.6 Å². The number of halogens is 3. The van der Waals surface area contributed by atoms with Crippen molar-refractivity contribution in [2.24, 2.45) is 0 Å². The number of hydrogen-bond acceptors (Lipinski definition) is 5. The fourth-order valence-electron chi connectivity index (χ4n) is 3.55. The Balaban J connectivity index is 1.91. The molecule has 0 aliphatic carbocycles. The third-order valence-electron chi connectivity index (χ3n) is 4.76. The lowest BCUT2D eigenvalue weighted by Crippen LogP contribution is -2.33. The van der Waals surface area contributed by atoms with Gasteiger partial charge in [-0.15, -0.1) is 0 Å². The summed E-state index contributed by atoms with van der Waals surface area (Å²) in [6.45, 7) is 1.75. The number of hydrogen-bond donors (Lipinski definition) is 1. The van der Waals surface area contributed by atoms with Crippen LogP contribution in [0.2, 0.25) is 0 Å². The second-order valence-electron chi connectivity index (χ2n) is 7.64. The Morgan fingerprint density at radius 3 is 2.67 bits per heavy atom. The first-order valence-corrected chi connectivity index (χ1v) is 9.26. The Kier molecular flexibility index (Phi) is 6.12. The lowest BCUT2D eigenvalue weighted by Gasteiger charge is -2.21. The fraction of sp³-hybridized carbons (Fsp3) is 0.381. The standard InChI is InChI=1S/C21H21F3N2O4/c1-11(27)16-9-13(6-7-25-16)26-19(28)18-15(10-21(2,3)30-18)14-5-4-12(22)8-17(14)29-20(23)24/h4-9,15,18,20H,10H2,1-3H3,(H,25,26,28)/t15-,18+/m1/s1. The summed E-state index contributed by atoms with van der Waals surface area (Å²) in [5.41, 5.74) is 0.0477. The third-order valence-corrected chi connectivity index (χ3v) is 4.76. The number of pyridine rings is 1. The van der Waals surface area contributed by atoms with Gasteiger partial charge < -0.3 is 14.8 Å². The van der Waals surface area contributed by atoms with Crippen LogP contribution in [0.3, 0.4) is 0 Å². The molecule has 160 valence electrons. The molecule has 0 radical (unpaired) electrons. The van der Waals surface area contributed by atoms with Gasteiger partial charge in [0.15, 0.2) is 5.78 Å². The predicted octanol–water partition coefficient (Wildman–Crippen LogP) is 4.31. The van der Waals surface area contributed by atoms with Crippen molar-refractivity contribution in [1.82, 2.24) is 4.98 Å². The van der Waals surface area contributed by atoms with Crippen LogP contribution in [0.15, 0.2) is 36.5 Å². The van der Waals surface area contributed by atoms with Crippen molar-refractivity contribution >= 4 is 17.4 Å². The summed E-state index contributed by atoms with van der Waals surface area (Å²) in [5, 5.41) is 2.67. The highest BCUT2D eigenvalue weighted by molar-refractivity contribution is 5.97. The summed E-state index contributed by atoms with van der Waals surface area (Å²) in [5.74, 6) is -2.51. The first-order valence-electron chi connectivity index (χ1n) is 9.26. The molecule has 1 aliphatic heterocycles. The van der Waals surface area contributed by atoms with Gasteiger partial charge in [-0.1, -0.05) is 6.07 Å². The van der Waals surface area contributed by atoms with Gasteiger partial charge in [0, 0.05) is 36.4 Å². The summed E-state index contributed by atoms with van der Waals surface area (Å²) in [6, 6.07) is 6.25. The molecule has 2 atom stereocenters. The van der Waals surface area contributed by atoms with Crippen molar-refractivity contribution in [3.05, 3.63) is 53.6 Å². The largest absolute Gasteiger partial charge is 0.434 e. The minimum Gasteiger partial charge on any atom is -0.434 e. The second-order valence-corrected chi connectivity index (χ2v) is 7.64. The number of rotatable bonds is 6. The molecule has 0 spiro atoms. The highest BCUT2D eigenvalue weighted by Gasteiger charge is 2.46. The van der Waals surface area contributed by atoms with Crippen LogP contribution in [0.4, 0.5) is 18.9 Å². The van der Waals surface area contributed by atoms with Crippen molar-refractivity contribution < 1.29 is 32.2 Å². The van der Waals surface area contributed by atoms with E-state index in [9.17, 15) is 22.8 Å². The average molecular weight is 422 g/mol. The van der Waals surface area contributed by atoms with Gasteiger partial charge in [0.05, 0.1) is 5.60 Å². The first-order chi connectivity index (χ1) is 14.1. The van der Waals surface area contributed by atoms with E-state index in [2.05, 4.69) is 15.0 Å². The maximum absolute atomic E-state index is 13.6. The number of ketones is 1. The molecule has 0 saturated carbocycles. The summed E-state index contributed by atoms with van der Waals surface area (Å²) in [7, 11) is 0. The number of Topliss-reactive ketones (excluding diaryl/α,β-unsaturated/α-hetero) is 1. The maximum Gasteiger partial charge on any atom is 0.387 e. The van der Waals surface area contributed by atoms with E-state index in [1.807, 2.05) is 0 Å². The minimum absolute atomic E-state index is 0.183. The Morgan fingerprint density at radius 2 is 2.00 bits per heavy atom. The molecule has 1 fully saturated rings. The highest BCUT2D eigenvalue weighted by atomic mass is 19.3. The van der Waals surface area contributed by atoms with E-state index in [4.69, 9.17) is 4.74 Å². The summed E-state index contributed by atoms with van der Waals surface area (Å²) in [4.78, 5) is 28.4. The Hall–Kier alpha value is -2.94. The molecule has 3 rings (SSSR count). The van der Waals surface area contributed by atoms with Crippen molar-refractivity contribution in [2.75, 3.05) is 5.32 Å². The number of alkyl halides is 2. The van der Waals surface area contributed by atoms with Crippen LogP contribution < -0.4 is 10.1 Å². The van der Waals surface area contributed by atoms with Crippen molar-refractivity contribution in [2.45, 2.75) is 51.4 Å². The lowest BCUT2D eigenvalue weighted by atomic mass is 9.87. The molecule has 1 N–H and O–H groups in total. The van der Waals surface area contributed by atoms with Gasteiger partial charge in [-0.2, -0.15) is 8.78 Å². The molecule has 0 bridgehead atoms. The quantitative estimate of drug-likeness (QED) is 0.702. The van der Waals surface area contributed by atoms with Crippen molar-refractivity contribution in [3.63, 3.8) is 0 Å².